The summed E-state index contributed by atoms with van der Waals surface area (Å²) in [6.45, 7) is 0.533. The van der Waals surface area contributed by atoms with E-state index in [1.807, 2.05) is 0 Å². The average Bonchev–Trinajstić information content (AvgIpc) is 2.05. The summed E-state index contributed by atoms with van der Waals surface area (Å²) in [5, 5.41) is 20.2. The van der Waals surface area contributed by atoms with Gasteiger partial charge >= 0.3 is 5.71 Å². The Hall–Kier alpha value is -1.23. The molecule has 0 aliphatic carbocycles. The smallest absolute Gasteiger partial charge is 0.395 e. The van der Waals surface area contributed by atoms with Gasteiger partial charge in [-0.15, -0.1) is 0 Å². The third-order valence-electron chi connectivity index (χ3n) is 2.07. The van der Waals surface area contributed by atoms with Crippen molar-refractivity contribution in [3.05, 3.63) is 0 Å². The minimum atomic E-state index is -1.60. The highest BCUT2D eigenvalue weighted by molar-refractivity contribution is 6.35. The van der Waals surface area contributed by atoms with E-state index in [4.69, 9.17) is 10.3 Å². The van der Waals surface area contributed by atoms with Crippen LogP contribution in [0.3, 0.4) is 0 Å². The van der Waals surface area contributed by atoms with E-state index >= 15 is 0 Å². The quantitative estimate of drug-likeness (QED) is 0.294. The van der Waals surface area contributed by atoms with Crippen molar-refractivity contribution in [1.29, 1.82) is 5.53 Å². The van der Waals surface area contributed by atoms with Gasteiger partial charge in [0.15, 0.2) is 11.6 Å². The summed E-state index contributed by atoms with van der Waals surface area (Å²) in [5.74, 6) is -1.60. The molecule has 2 N–H and O–H groups in total. The number of carboxylic acids is 1. The molecule has 6 heteroatoms. The van der Waals surface area contributed by atoms with Gasteiger partial charge in [0.25, 0.3) is 0 Å². The lowest BCUT2D eigenvalue weighted by molar-refractivity contribution is -0.301. The fraction of sp³-hybridized carbons (Fsp3) is 0.714. The summed E-state index contributed by atoms with van der Waals surface area (Å²) in [6.07, 6.45) is 0.275. The number of carbonyl (C=O) groups is 1. The van der Waals surface area contributed by atoms with Crippen LogP contribution in [0.5, 0.6) is 0 Å². The van der Waals surface area contributed by atoms with Crippen LogP contribution in [0.4, 0.5) is 0 Å². The van der Waals surface area contributed by atoms with Crippen LogP contribution in [-0.2, 0) is 9.53 Å². The van der Waals surface area contributed by atoms with Crippen LogP contribution in [0.2, 0.25) is 0 Å². The molecular formula is C7H10N2O4. The molecule has 1 rings (SSSR count). The lowest BCUT2D eigenvalue weighted by atomic mass is 9.89. The number of carboxylic acid groups (broad SMARTS) is 1. The number of hydrogen-bond acceptors (Lipinski definition) is 5. The SMILES string of the molecule is N=[N+]=C(C(=O)[O-])C1(O)CCOCC1. The molecule has 0 bridgehead atoms. The van der Waals surface area contributed by atoms with E-state index in [9.17, 15) is 15.0 Å². The predicted molar refractivity (Wildman–Crippen MR) is 38.0 cm³/mol. The first-order valence-corrected chi connectivity index (χ1v) is 3.86. The van der Waals surface area contributed by atoms with Crippen molar-refractivity contribution in [2.45, 2.75) is 18.4 Å². The normalized spacial score (nSPS) is 20.4. The monoisotopic (exact) mass is 186 g/mol. The van der Waals surface area contributed by atoms with Crippen molar-refractivity contribution in [1.82, 2.24) is 0 Å². The minimum absolute atomic E-state index is 0.138. The molecule has 0 atom stereocenters. The highest BCUT2D eigenvalue weighted by atomic mass is 16.5. The average molecular weight is 186 g/mol. The third-order valence-corrected chi connectivity index (χ3v) is 2.07. The molecule has 0 aromatic heterocycles. The number of carbonyl (C=O) groups excluding carboxylic acids is 1. The molecule has 1 heterocycles. The van der Waals surface area contributed by atoms with Gasteiger partial charge in [-0.3, -0.25) is 0 Å². The minimum Gasteiger partial charge on any atom is -0.539 e. The van der Waals surface area contributed by atoms with E-state index in [1.165, 1.54) is 0 Å². The Morgan fingerprint density at radius 2 is 2.08 bits per heavy atom. The van der Waals surface area contributed by atoms with E-state index in [1.54, 1.807) is 0 Å². The molecule has 13 heavy (non-hydrogen) atoms. The van der Waals surface area contributed by atoms with Gasteiger partial charge in [0.1, 0.15) is 0 Å². The fourth-order valence-electron chi connectivity index (χ4n) is 1.29. The van der Waals surface area contributed by atoms with Crippen LogP contribution in [0.15, 0.2) is 0 Å². The van der Waals surface area contributed by atoms with Crippen LogP contribution in [0.25, 0.3) is 0 Å². The molecule has 0 saturated carbocycles. The molecule has 1 aliphatic rings. The molecule has 0 spiro atoms. The topological polar surface area (TPSA) is 108 Å². The lowest BCUT2D eigenvalue weighted by Crippen LogP contribution is -2.52. The first kappa shape index (κ1) is 9.85. The Bertz CT molecular complexity index is 264. The van der Waals surface area contributed by atoms with Crippen LogP contribution in [0, 0.1) is 5.53 Å². The number of hydrogen-bond donors (Lipinski definition) is 2. The second-order valence-electron chi connectivity index (χ2n) is 2.89. The van der Waals surface area contributed by atoms with Crippen molar-refractivity contribution >= 4 is 11.7 Å². The van der Waals surface area contributed by atoms with Gasteiger partial charge in [-0.25, -0.2) is 0 Å². The van der Waals surface area contributed by atoms with Crippen LogP contribution < -0.4 is 5.11 Å². The summed E-state index contributed by atoms with van der Waals surface area (Å²) in [4.78, 5) is 13.3. The van der Waals surface area contributed by atoms with Gasteiger partial charge in [0.05, 0.1) is 10.3 Å². The highest BCUT2D eigenvalue weighted by Crippen LogP contribution is 2.20. The Morgan fingerprint density at radius 1 is 1.54 bits per heavy atom. The van der Waals surface area contributed by atoms with Crippen molar-refractivity contribution in [2.24, 2.45) is 0 Å². The molecule has 72 valence electrons. The Labute approximate surface area is 74.4 Å². The van der Waals surface area contributed by atoms with Crippen LogP contribution >= 0.6 is 0 Å². The summed E-state index contributed by atoms with van der Waals surface area (Å²) in [6, 6.07) is 0. The summed E-state index contributed by atoms with van der Waals surface area (Å²) < 4.78 is 4.95. The summed E-state index contributed by atoms with van der Waals surface area (Å²) in [5.41, 5.74) is 4.45. The zero-order valence-corrected chi connectivity index (χ0v) is 6.95. The van der Waals surface area contributed by atoms with Gasteiger partial charge < -0.3 is 19.7 Å². The maximum atomic E-state index is 10.5. The maximum Gasteiger partial charge on any atom is 0.395 e. The molecular weight excluding hydrogens is 176 g/mol. The second-order valence-corrected chi connectivity index (χ2v) is 2.89. The maximum absolute atomic E-state index is 10.5. The molecule has 0 aromatic rings. The highest BCUT2D eigenvalue weighted by Gasteiger charge is 2.44. The van der Waals surface area contributed by atoms with Crippen LogP contribution in [-0.4, -0.2) is 40.4 Å². The second kappa shape index (κ2) is 3.66. The van der Waals surface area contributed by atoms with Gasteiger partial charge in [0.2, 0.25) is 0 Å². The molecule has 0 radical (unpaired) electrons. The number of rotatable bonds is 2. The molecule has 0 amide bonds. The van der Waals surface area contributed by atoms with Gasteiger partial charge in [-0.2, -0.15) is 0 Å². The van der Waals surface area contributed by atoms with Crippen LogP contribution in [0.1, 0.15) is 12.8 Å². The first-order valence-electron chi connectivity index (χ1n) is 3.86. The Kier molecular flexibility index (Phi) is 2.77. The van der Waals surface area contributed by atoms with E-state index in [0.717, 1.165) is 0 Å². The summed E-state index contributed by atoms with van der Waals surface area (Å²) in [7, 11) is 0. The number of aliphatic carboxylic acids is 1. The lowest BCUT2D eigenvalue weighted by Gasteiger charge is -2.26. The number of nitrogens with zero attached hydrogens (tertiary/aromatic N) is 1. The Morgan fingerprint density at radius 3 is 2.46 bits per heavy atom. The number of aliphatic hydroxyl groups is 1. The molecule has 0 unspecified atom stereocenters. The van der Waals surface area contributed by atoms with Crippen molar-refractivity contribution in [3.63, 3.8) is 0 Å². The van der Waals surface area contributed by atoms with Crippen molar-refractivity contribution in [2.75, 3.05) is 13.2 Å². The third kappa shape index (κ3) is 1.92. The molecule has 6 nitrogen and oxygen atoms in total. The first-order chi connectivity index (χ1) is 6.10. The molecule has 0 aromatic carbocycles. The molecule has 1 saturated heterocycles. The number of nitrogens with one attached hydrogen (secondary N) is 1. The van der Waals surface area contributed by atoms with E-state index < -0.39 is 17.3 Å². The fourth-order valence-corrected chi connectivity index (χ4v) is 1.29. The number of ether oxygens (including phenoxy) is 1. The van der Waals surface area contributed by atoms with Gasteiger partial charge in [-0.05, 0) is 0 Å². The zero-order chi connectivity index (χ0) is 9.90. The van der Waals surface area contributed by atoms with Crippen molar-refractivity contribution < 1.29 is 24.5 Å². The molecule has 1 fully saturated rings. The zero-order valence-electron chi connectivity index (χ0n) is 6.95. The Balaban J connectivity index is 2.88. The largest absolute Gasteiger partial charge is 0.539 e. The summed E-state index contributed by atoms with van der Waals surface area (Å²) >= 11 is 0. The van der Waals surface area contributed by atoms with Gasteiger partial charge in [-0.1, -0.05) is 0 Å². The predicted octanol–water partition coefficient (Wildman–Crippen LogP) is -2.04. The van der Waals surface area contributed by atoms with E-state index in [0.29, 0.717) is 0 Å². The van der Waals surface area contributed by atoms with E-state index in [2.05, 4.69) is 4.79 Å². The van der Waals surface area contributed by atoms with Gasteiger partial charge in [0, 0.05) is 26.1 Å². The molecule has 1 aliphatic heterocycles. The van der Waals surface area contributed by atoms with E-state index in [-0.39, 0.29) is 26.1 Å². The standard InChI is InChI=1S/C7H10N2O4/c8-9-5(6(10)11)7(12)1-3-13-4-2-7/h8,12H,1-4H2. The van der Waals surface area contributed by atoms with Crippen molar-refractivity contribution in [3.8, 4) is 0 Å².